The van der Waals surface area contributed by atoms with Crippen LogP contribution in [0.3, 0.4) is 0 Å². The Morgan fingerprint density at radius 1 is 1.60 bits per heavy atom. The van der Waals surface area contributed by atoms with Crippen LogP contribution in [0.25, 0.3) is 0 Å². The van der Waals surface area contributed by atoms with E-state index in [9.17, 15) is 9.90 Å². The van der Waals surface area contributed by atoms with Gasteiger partial charge in [0.15, 0.2) is 5.60 Å². The van der Waals surface area contributed by atoms with Gasteiger partial charge in [-0.2, -0.15) is 0 Å². The maximum Gasteiger partial charge on any atom is 0.336 e. The summed E-state index contributed by atoms with van der Waals surface area (Å²) < 4.78 is 5.26. The number of aliphatic carboxylic acids is 1. The third-order valence-corrected chi connectivity index (χ3v) is 2.92. The van der Waals surface area contributed by atoms with Crippen LogP contribution in [0.5, 0.6) is 0 Å². The Hall–Kier alpha value is -0.650. The van der Waals surface area contributed by atoms with Gasteiger partial charge in [0.25, 0.3) is 0 Å². The molecule has 0 aromatic heterocycles. The average molecular weight is 217 g/mol. The fraction of sp³-hybridized carbons (Fsp3) is 0.900. The van der Waals surface area contributed by atoms with Crippen molar-refractivity contribution in [1.29, 1.82) is 0 Å². The summed E-state index contributed by atoms with van der Waals surface area (Å²) in [6.45, 7) is 1.34. The third kappa shape index (κ3) is 3.15. The van der Waals surface area contributed by atoms with E-state index in [0.717, 1.165) is 19.3 Å². The molecule has 0 aromatic carbocycles. The van der Waals surface area contributed by atoms with Crippen LogP contribution in [-0.4, -0.2) is 47.6 Å². The van der Waals surface area contributed by atoms with Gasteiger partial charge in [-0.15, -0.1) is 0 Å². The van der Waals surface area contributed by atoms with Crippen LogP contribution in [0.15, 0.2) is 0 Å². The number of aliphatic hydroxyl groups is 1. The van der Waals surface area contributed by atoms with Gasteiger partial charge in [-0.25, -0.2) is 4.79 Å². The number of methoxy groups -OCH3 is 1. The van der Waals surface area contributed by atoms with Gasteiger partial charge in [0, 0.05) is 19.7 Å². The molecule has 0 amide bonds. The van der Waals surface area contributed by atoms with Crippen LogP contribution in [-0.2, 0) is 9.53 Å². The summed E-state index contributed by atoms with van der Waals surface area (Å²) >= 11 is 0. The number of carbonyl (C=O) groups is 1. The number of rotatable bonds is 5. The van der Waals surface area contributed by atoms with Crippen LogP contribution >= 0.6 is 0 Å². The molecule has 0 spiro atoms. The maximum atomic E-state index is 10.7. The zero-order valence-electron chi connectivity index (χ0n) is 9.19. The molecule has 0 bridgehead atoms. The van der Waals surface area contributed by atoms with E-state index < -0.39 is 11.6 Å². The van der Waals surface area contributed by atoms with Crippen molar-refractivity contribution in [2.75, 3.05) is 13.7 Å². The SMILES string of the molecule is COC1CCCC1NCC(C)(O)C(=O)O. The van der Waals surface area contributed by atoms with Crippen LogP contribution in [0.1, 0.15) is 26.2 Å². The molecule has 0 aromatic rings. The fourth-order valence-corrected chi connectivity index (χ4v) is 1.85. The highest BCUT2D eigenvalue weighted by atomic mass is 16.5. The molecule has 3 N–H and O–H groups in total. The van der Waals surface area contributed by atoms with Crippen molar-refractivity contribution >= 4 is 5.97 Å². The van der Waals surface area contributed by atoms with Gasteiger partial charge in [0.05, 0.1) is 6.10 Å². The van der Waals surface area contributed by atoms with Crippen molar-refractivity contribution in [2.45, 2.75) is 43.9 Å². The zero-order chi connectivity index (χ0) is 11.5. The minimum atomic E-state index is -1.71. The van der Waals surface area contributed by atoms with Crippen molar-refractivity contribution in [2.24, 2.45) is 0 Å². The first kappa shape index (κ1) is 12.4. The minimum absolute atomic E-state index is 0.0485. The molecule has 1 fully saturated rings. The summed E-state index contributed by atoms with van der Waals surface area (Å²) in [4.78, 5) is 10.7. The van der Waals surface area contributed by atoms with Gasteiger partial charge in [-0.05, 0) is 26.2 Å². The van der Waals surface area contributed by atoms with E-state index in [1.165, 1.54) is 6.92 Å². The first-order valence-electron chi connectivity index (χ1n) is 5.19. The van der Waals surface area contributed by atoms with E-state index >= 15 is 0 Å². The average Bonchev–Trinajstić information content (AvgIpc) is 2.61. The molecule has 88 valence electrons. The summed E-state index contributed by atoms with van der Waals surface area (Å²) in [5, 5.41) is 21.3. The molecule has 5 heteroatoms. The molecule has 3 atom stereocenters. The zero-order valence-corrected chi connectivity index (χ0v) is 9.19. The van der Waals surface area contributed by atoms with Crippen LogP contribution in [0.2, 0.25) is 0 Å². The van der Waals surface area contributed by atoms with Crippen LogP contribution in [0, 0.1) is 0 Å². The van der Waals surface area contributed by atoms with Crippen molar-refractivity contribution in [3.05, 3.63) is 0 Å². The predicted octanol–water partition coefficient (Wildman–Crippen LogP) is -0.0209. The standard InChI is InChI=1S/C10H19NO4/c1-10(14,9(12)13)6-11-7-4-3-5-8(7)15-2/h7-8,11,14H,3-6H2,1-2H3,(H,12,13). The predicted molar refractivity (Wildman–Crippen MR) is 54.7 cm³/mol. The van der Waals surface area contributed by atoms with E-state index in [1.54, 1.807) is 7.11 Å². The highest BCUT2D eigenvalue weighted by Gasteiger charge is 2.33. The molecule has 0 radical (unpaired) electrons. The summed E-state index contributed by atoms with van der Waals surface area (Å²) in [5.41, 5.74) is -1.71. The molecule has 1 rings (SSSR count). The number of carboxylic acids is 1. The lowest BCUT2D eigenvalue weighted by Crippen LogP contribution is -2.49. The molecule has 0 heterocycles. The molecule has 1 aliphatic rings. The molecule has 1 saturated carbocycles. The fourth-order valence-electron chi connectivity index (χ4n) is 1.85. The Kier molecular flexibility index (Phi) is 4.07. The maximum absolute atomic E-state index is 10.7. The van der Waals surface area contributed by atoms with Crippen molar-refractivity contribution in [3.8, 4) is 0 Å². The van der Waals surface area contributed by atoms with Crippen LogP contribution < -0.4 is 5.32 Å². The number of hydrogen-bond donors (Lipinski definition) is 3. The van der Waals surface area contributed by atoms with Gasteiger partial charge < -0.3 is 20.3 Å². The second kappa shape index (κ2) is 4.92. The van der Waals surface area contributed by atoms with Gasteiger partial charge in [0.1, 0.15) is 0 Å². The quantitative estimate of drug-likeness (QED) is 0.603. The first-order valence-corrected chi connectivity index (χ1v) is 5.19. The topological polar surface area (TPSA) is 78.8 Å². The Morgan fingerprint density at radius 2 is 2.27 bits per heavy atom. The van der Waals surface area contributed by atoms with Gasteiger partial charge >= 0.3 is 5.97 Å². The van der Waals surface area contributed by atoms with Crippen molar-refractivity contribution in [1.82, 2.24) is 5.32 Å². The highest BCUT2D eigenvalue weighted by Crippen LogP contribution is 2.21. The lowest BCUT2D eigenvalue weighted by molar-refractivity contribution is -0.156. The van der Waals surface area contributed by atoms with Crippen molar-refractivity contribution in [3.63, 3.8) is 0 Å². The monoisotopic (exact) mass is 217 g/mol. The second-order valence-corrected chi connectivity index (χ2v) is 4.27. The molecule has 15 heavy (non-hydrogen) atoms. The Balaban J connectivity index is 2.39. The summed E-state index contributed by atoms with van der Waals surface area (Å²) in [7, 11) is 1.65. The molecule has 0 saturated heterocycles. The van der Waals surface area contributed by atoms with Crippen molar-refractivity contribution < 1.29 is 19.7 Å². The Morgan fingerprint density at radius 3 is 2.80 bits per heavy atom. The summed E-state index contributed by atoms with van der Waals surface area (Å²) in [6, 6.07) is 0.154. The lowest BCUT2D eigenvalue weighted by Gasteiger charge is -2.24. The smallest absolute Gasteiger partial charge is 0.336 e. The molecule has 3 unspecified atom stereocenters. The number of carboxylic acid groups (broad SMARTS) is 1. The minimum Gasteiger partial charge on any atom is -0.479 e. The van der Waals surface area contributed by atoms with Gasteiger partial charge in [0.2, 0.25) is 0 Å². The third-order valence-electron chi connectivity index (χ3n) is 2.92. The summed E-state index contributed by atoms with van der Waals surface area (Å²) in [6.07, 6.45) is 3.16. The molecule has 5 nitrogen and oxygen atoms in total. The molecule has 0 aliphatic heterocycles. The van der Waals surface area contributed by atoms with E-state index in [-0.39, 0.29) is 18.7 Å². The lowest BCUT2D eigenvalue weighted by atomic mass is 10.1. The van der Waals surface area contributed by atoms with Crippen LogP contribution in [0.4, 0.5) is 0 Å². The van der Waals surface area contributed by atoms with E-state index in [2.05, 4.69) is 5.32 Å². The Bertz CT molecular complexity index is 229. The first-order chi connectivity index (χ1) is 6.97. The normalized spacial score (nSPS) is 30.1. The van der Waals surface area contributed by atoms with E-state index in [0.29, 0.717) is 0 Å². The largest absolute Gasteiger partial charge is 0.479 e. The molecule has 1 aliphatic carbocycles. The highest BCUT2D eigenvalue weighted by molar-refractivity contribution is 5.76. The van der Waals surface area contributed by atoms with E-state index in [4.69, 9.17) is 9.84 Å². The molecular formula is C10H19NO4. The molecular weight excluding hydrogens is 198 g/mol. The van der Waals surface area contributed by atoms with E-state index in [1.807, 2.05) is 0 Å². The number of ether oxygens (including phenoxy) is 1. The van der Waals surface area contributed by atoms with Gasteiger partial charge in [-0.1, -0.05) is 0 Å². The summed E-state index contributed by atoms with van der Waals surface area (Å²) in [5.74, 6) is -1.21. The second-order valence-electron chi connectivity index (χ2n) is 4.27. The Labute approximate surface area is 89.4 Å². The number of hydrogen-bond acceptors (Lipinski definition) is 4. The van der Waals surface area contributed by atoms with Gasteiger partial charge in [-0.3, -0.25) is 0 Å². The number of nitrogens with one attached hydrogen (secondary N) is 1.